The lowest BCUT2D eigenvalue weighted by atomic mass is 9.77. The molecule has 1 aromatic heterocycles. The number of hydrogen-bond donors (Lipinski definition) is 1. The molecule has 0 amide bonds. The Bertz CT molecular complexity index is 482. The number of anilines is 1. The Hall–Kier alpha value is -1.13. The van der Waals surface area contributed by atoms with Crippen molar-refractivity contribution in [3.8, 4) is 0 Å². The van der Waals surface area contributed by atoms with Gasteiger partial charge in [-0.1, -0.05) is 12.5 Å². The van der Waals surface area contributed by atoms with Gasteiger partial charge in [0.25, 0.3) is 0 Å². The Morgan fingerprint density at radius 2 is 2.18 bits per heavy atom. The largest absolute Gasteiger partial charge is 0.372 e. The van der Waals surface area contributed by atoms with Crippen molar-refractivity contribution < 1.29 is 4.74 Å². The zero-order chi connectivity index (χ0) is 14.8. The Kier molecular flexibility index (Phi) is 4.05. The molecule has 4 rings (SSSR count). The molecular weight excluding hydrogens is 274 g/mol. The molecular formula is C18H27N3O. The topological polar surface area (TPSA) is 37.4 Å². The van der Waals surface area contributed by atoms with Crippen molar-refractivity contribution in [1.82, 2.24) is 9.88 Å². The number of likely N-dealkylation sites (tertiary alicyclic amines) is 1. The molecule has 4 nitrogen and oxygen atoms in total. The van der Waals surface area contributed by atoms with Gasteiger partial charge in [-0.2, -0.15) is 0 Å². The summed E-state index contributed by atoms with van der Waals surface area (Å²) in [6, 6.07) is 6.01. The van der Waals surface area contributed by atoms with Crippen LogP contribution in [0, 0.1) is 11.8 Å². The van der Waals surface area contributed by atoms with Crippen molar-refractivity contribution in [1.29, 1.82) is 0 Å². The molecule has 2 aliphatic heterocycles. The zero-order valence-electron chi connectivity index (χ0n) is 13.3. The third-order valence-corrected chi connectivity index (χ3v) is 5.79. The van der Waals surface area contributed by atoms with E-state index < -0.39 is 0 Å². The molecule has 1 atom stereocenters. The summed E-state index contributed by atoms with van der Waals surface area (Å²) in [5.74, 6) is 2.67. The van der Waals surface area contributed by atoms with Crippen LogP contribution in [0.5, 0.6) is 0 Å². The molecule has 2 saturated heterocycles. The van der Waals surface area contributed by atoms with E-state index in [1.807, 2.05) is 24.4 Å². The third kappa shape index (κ3) is 2.86. The molecule has 1 aromatic rings. The lowest BCUT2D eigenvalue weighted by Gasteiger charge is -2.52. The number of rotatable bonds is 6. The van der Waals surface area contributed by atoms with Crippen molar-refractivity contribution in [2.75, 3.05) is 38.1 Å². The normalized spacial score (nSPS) is 27.5. The highest BCUT2D eigenvalue weighted by Crippen LogP contribution is 2.42. The highest BCUT2D eigenvalue weighted by atomic mass is 16.5. The van der Waals surface area contributed by atoms with Crippen molar-refractivity contribution in [2.45, 2.75) is 37.7 Å². The summed E-state index contributed by atoms with van der Waals surface area (Å²) in [6.07, 6.45) is 8.59. The summed E-state index contributed by atoms with van der Waals surface area (Å²) < 4.78 is 6.17. The summed E-state index contributed by atoms with van der Waals surface area (Å²) in [5.41, 5.74) is 0.176. The van der Waals surface area contributed by atoms with E-state index in [2.05, 4.69) is 15.2 Å². The summed E-state index contributed by atoms with van der Waals surface area (Å²) in [6.45, 7) is 5.58. The van der Waals surface area contributed by atoms with E-state index in [9.17, 15) is 0 Å². The fourth-order valence-electron chi connectivity index (χ4n) is 4.26. The first kappa shape index (κ1) is 14.5. The molecule has 1 spiro atoms. The Morgan fingerprint density at radius 1 is 1.27 bits per heavy atom. The summed E-state index contributed by atoms with van der Waals surface area (Å²) in [5, 5.41) is 3.44. The van der Waals surface area contributed by atoms with Crippen LogP contribution in [0.1, 0.15) is 32.1 Å². The molecule has 0 aromatic carbocycles. The quantitative estimate of drug-likeness (QED) is 0.877. The zero-order valence-corrected chi connectivity index (χ0v) is 13.3. The van der Waals surface area contributed by atoms with Gasteiger partial charge < -0.3 is 10.1 Å². The Balaban J connectivity index is 1.23. The molecule has 1 N–H and O–H groups in total. The molecule has 1 aliphatic carbocycles. The van der Waals surface area contributed by atoms with Crippen LogP contribution in [0.3, 0.4) is 0 Å². The average molecular weight is 301 g/mol. The Morgan fingerprint density at radius 3 is 2.91 bits per heavy atom. The van der Waals surface area contributed by atoms with Crippen LogP contribution in [0.4, 0.5) is 5.82 Å². The minimum atomic E-state index is 0.176. The fraction of sp³-hybridized carbons (Fsp3) is 0.722. The van der Waals surface area contributed by atoms with E-state index in [1.54, 1.807) is 0 Å². The van der Waals surface area contributed by atoms with E-state index in [4.69, 9.17) is 4.74 Å². The number of pyridine rings is 1. The van der Waals surface area contributed by atoms with E-state index in [0.29, 0.717) is 5.92 Å². The number of ether oxygens (including phenoxy) is 1. The maximum absolute atomic E-state index is 6.17. The fourth-order valence-corrected chi connectivity index (χ4v) is 4.26. The van der Waals surface area contributed by atoms with Crippen LogP contribution in [-0.4, -0.2) is 48.3 Å². The second-order valence-electron chi connectivity index (χ2n) is 7.30. The molecule has 1 saturated carbocycles. The monoisotopic (exact) mass is 301 g/mol. The molecule has 1 unspecified atom stereocenters. The Labute approximate surface area is 133 Å². The first-order chi connectivity index (χ1) is 10.8. The van der Waals surface area contributed by atoms with Gasteiger partial charge in [-0.3, -0.25) is 4.90 Å². The molecule has 120 valence electrons. The highest BCUT2D eigenvalue weighted by molar-refractivity contribution is 5.32. The van der Waals surface area contributed by atoms with Crippen LogP contribution in [0.15, 0.2) is 24.4 Å². The molecule has 22 heavy (non-hydrogen) atoms. The SMILES string of the molecule is c1ccc(NCCC2CCOC23CN(CC2CCC2)C3)nc1. The second kappa shape index (κ2) is 6.17. The van der Waals surface area contributed by atoms with Crippen LogP contribution < -0.4 is 5.32 Å². The highest BCUT2D eigenvalue weighted by Gasteiger charge is 2.52. The van der Waals surface area contributed by atoms with E-state index in [-0.39, 0.29) is 5.60 Å². The number of hydrogen-bond acceptors (Lipinski definition) is 4. The molecule has 3 heterocycles. The summed E-state index contributed by atoms with van der Waals surface area (Å²) in [4.78, 5) is 6.94. The van der Waals surface area contributed by atoms with Crippen molar-refractivity contribution in [3.05, 3.63) is 24.4 Å². The van der Waals surface area contributed by atoms with Crippen LogP contribution in [0.2, 0.25) is 0 Å². The standard InChI is InChI=1S/C18H27N3O/c1-2-9-19-17(6-1)20-10-7-16-8-11-22-18(16)13-21(14-18)12-15-4-3-5-15/h1-2,6,9,15-16H,3-5,7-8,10-14H2,(H,19,20). The minimum Gasteiger partial charge on any atom is -0.372 e. The van der Waals surface area contributed by atoms with Gasteiger partial charge in [-0.25, -0.2) is 4.98 Å². The van der Waals surface area contributed by atoms with Crippen molar-refractivity contribution in [2.24, 2.45) is 11.8 Å². The molecule has 0 bridgehead atoms. The van der Waals surface area contributed by atoms with Gasteiger partial charge in [-0.05, 0) is 49.7 Å². The average Bonchev–Trinajstić information content (AvgIpc) is 2.87. The lowest BCUT2D eigenvalue weighted by Crippen LogP contribution is -2.65. The van der Waals surface area contributed by atoms with E-state index in [1.165, 1.54) is 38.6 Å². The smallest absolute Gasteiger partial charge is 0.125 e. The maximum Gasteiger partial charge on any atom is 0.125 e. The van der Waals surface area contributed by atoms with E-state index in [0.717, 1.165) is 38.0 Å². The first-order valence-electron chi connectivity index (χ1n) is 8.85. The number of nitrogens with zero attached hydrogens (tertiary/aromatic N) is 2. The van der Waals surface area contributed by atoms with Crippen LogP contribution >= 0.6 is 0 Å². The van der Waals surface area contributed by atoms with E-state index >= 15 is 0 Å². The second-order valence-corrected chi connectivity index (χ2v) is 7.30. The van der Waals surface area contributed by atoms with Gasteiger partial charge in [0, 0.05) is 39.0 Å². The summed E-state index contributed by atoms with van der Waals surface area (Å²) >= 11 is 0. The van der Waals surface area contributed by atoms with Crippen LogP contribution in [-0.2, 0) is 4.74 Å². The number of nitrogens with one attached hydrogen (secondary N) is 1. The molecule has 4 heteroatoms. The number of aromatic nitrogens is 1. The predicted molar refractivity (Wildman–Crippen MR) is 87.9 cm³/mol. The van der Waals surface area contributed by atoms with Crippen LogP contribution in [0.25, 0.3) is 0 Å². The van der Waals surface area contributed by atoms with Gasteiger partial charge in [0.1, 0.15) is 5.82 Å². The molecule has 0 radical (unpaired) electrons. The van der Waals surface area contributed by atoms with Gasteiger partial charge in [-0.15, -0.1) is 0 Å². The first-order valence-corrected chi connectivity index (χ1v) is 8.85. The third-order valence-electron chi connectivity index (χ3n) is 5.79. The maximum atomic E-state index is 6.17. The minimum absolute atomic E-state index is 0.176. The molecule has 3 aliphatic rings. The van der Waals surface area contributed by atoms with Gasteiger partial charge in [0.05, 0.1) is 5.60 Å². The summed E-state index contributed by atoms with van der Waals surface area (Å²) in [7, 11) is 0. The van der Waals surface area contributed by atoms with Crippen molar-refractivity contribution in [3.63, 3.8) is 0 Å². The van der Waals surface area contributed by atoms with Crippen molar-refractivity contribution >= 4 is 5.82 Å². The van der Waals surface area contributed by atoms with Gasteiger partial charge in [0.15, 0.2) is 0 Å². The lowest BCUT2D eigenvalue weighted by molar-refractivity contribution is -0.139. The van der Waals surface area contributed by atoms with Gasteiger partial charge in [0.2, 0.25) is 0 Å². The molecule has 3 fully saturated rings. The predicted octanol–water partition coefficient (Wildman–Crippen LogP) is 2.77. The van der Waals surface area contributed by atoms with Gasteiger partial charge >= 0.3 is 0 Å².